The van der Waals surface area contributed by atoms with Crippen LogP contribution >= 0.6 is 23.2 Å². The van der Waals surface area contributed by atoms with Crippen LogP contribution in [0.4, 0.5) is 5.69 Å². The zero-order valence-electron chi connectivity index (χ0n) is 9.65. The number of benzene rings is 1. The number of carbonyl (C=O) groups excluding carboxylic acids is 1. The van der Waals surface area contributed by atoms with Crippen LogP contribution in [0, 0.1) is 0 Å². The van der Waals surface area contributed by atoms with Crippen molar-refractivity contribution >= 4 is 34.8 Å². The van der Waals surface area contributed by atoms with Crippen LogP contribution in [0.2, 0.25) is 10.0 Å². The van der Waals surface area contributed by atoms with Gasteiger partial charge in [-0.3, -0.25) is 4.79 Å². The number of nitrogen functional groups attached to an aromatic ring is 1. The van der Waals surface area contributed by atoms with Crippen molar-refractivity contribution < 1.29 is 15.0 Å². The SMILES string of the molecule is CC(=O)NCC(O)C(O)c1cc(Cl)c(N)c(Cl)c1. The smallest absolute Gasteiger partial charge is 0.216 e. The predicted molar refractivity (Wildman–Crippen MR) is 70.5 cm³/mol. The first-order chi connectivity index (χ1) is 8.32. The molecule has 0 saturated heterocycles. The Balaban J connectivity index is 2.83. The summed E-state index contributed by atoms with van der Waals surface area (Å²) in [4.78, 5) is 10.7. The highest BCUT2D eigenvalue weighted by molar-refractivity contribution is 6.38. The Morgan fingerprint density at radius 3 is 2.33 bits per heavy atom. The van der Waals surface area contributed by atoms with E-state index in [-0.39, 0.29) is 28.2 Å². The van der Waals surface area contributed by atoms with Crippen molar-refractivity contribution in [3.8, 4) is 0 Å². The van der Waals surface area contributed by atoms with Gasteiger partial charge in [-0.05, 0) is 17.7 Å². The number of carbonyl (C=O) groups is 1. The lowest BCUT2D eigenvalue weighted by molar-refractivity contribution is -0.119. The fraction of sp³-hybridized carbons (Fsp3) is 0.364. The zero-order valence-corrected chi connectivity index (χ0v) is 11.2. The molecule has 0 spiro atoms. The molecule has 7 heteroatoms. The zero-order chi connectivity index (χ0) is 13.9. The van der Waals surface area contributed by atoms with Gasteiger partial charge in [-0.25, -0.2) is 0 Å². The lowest BCUT2D eigenvalue weighted by Gasteiger charge is -2.19. The third-order valence-electron chi connectivity index (χ3n) is 2.37. The molecule has 2 atom stereocenters. The van der Waals surface area contributed by atoms with E-state index >= 15 is 0 Å². The van der Waals surface area contributed by atoms with E-state index in [1.54, 1.807) is 0 Å². The molecule has 18 heavy (non-hydrogen) atoms. The third-order valence-corrected chi connectivity index (χ3v) is 2.99. The first-order valence-corrected chi connectivity index (χ1v) is 5.93. The van der Waals surface area contributed by atoms with Gasteiger partial charge in [-0.2, -0.15) is 0 Å². The molecule has 2 unspecified atom stereocenters. The van der Waals surface area contributed by atoms with Crippen molar-refractivity contribution in [2.24, 2.45) is 0 Å². The van der Waals surface area contributed by atoms with Crippen LogP contribution in [-0.2, 0) is 4.79 Å². The average Bonchev–Trinajstić information content (AvgIpc) is 2.31. The normalized spacial score (nSPS) is 14.1. The quantitative estimate of drug-likeness (QED) is 0.625. The van der Waals surface area contributed by atoms with E-state index in [4.69, 9.17) is 28.9 Å². The van der Waals surface area contributed by atoms with Crippen molar-refractivity contribution in [2.75, 3.05) is 12.3 Å². The van der Waals surface area contributed by atoms with E-state index < -0.39 is 12.2 Å². The van der Waals surface area contributed by atoms with Gasteiger partial charge in [-0.1, -0.05) is 23.2 Å². The summed E-state index contributed by atoms with van der Waals surface area (Å²) in [5.74, 6) is -0.297. The largest absolute Gasteiger partial charge is 0.396 e. The Kier molecular flexibility index (Phi) is 5.22. The van der Waals surface area contributed by atoms with Gasteiger partial charge in [0.2, 0.25) is 5.91 Å². The minimum absolute atomic E-state index is 0.0733. The molecule has 0 saturated carbocycles. The number of aliphatic hydroxyl groups is 2. The summed E-state index contributed by atoms with van der Waals surface area (Å²) in [6, 6.07) is 2.84. The minimum atomic E-state index is -1.22. The van der Waals surface area contributed by atoms with Crippen LogP contribution in [0.3, 0.4) is 0 Å². The number of hydrogen-bond acceptors (Lipinski definition) is 4. The Labute approximate surface area is 115 Å². The van der Waals surface area contributed by atoms with Gasteiger partial charge >= 0.3 is 0 Å². The number of aliphatic hydroxyl groups excluding tert-OH is 2. The van der Waals surface area contributed by atoms with Crippen molar-refractivity contribution in [3.05, 3.63) is 27.7 Å². The first kappa shape index (κ1) is 15.0. The molecule has 0 aliphatic rings. The molecule has 5 nitrogen and oxygen atoms in total. The van der Waals surface area contributed by atoms with Crippen LogP contribution in [-0.4, -0.2) is 28.8 Å². The summed E-state index contributed by atoms with van der Waals surface area (Å²) in [6.07, 6.45) is -2.38. The van der Waals surface area contributed by atoms with Gasteiger partial charge in [-0.15, -0.1) is 0 Å². The number of nitrogens with two attached hydrogens (primary N) is 1. The Morgan fingerprint density at radius 2 is 1.89 bits per heavy atom. The molecule has 1 aromatic rings. The molecular weight excluding hydrogens is 279 g/mol. The summed E-state index contributed by atoms with van der Waals surface area (Å²) < 4.78 is 0. The van der Waals surface area contributed by atoms with Crippen LogP contribution in [0.25, 0.3) is 0 Å². The Bertz CT molecular complexity index is 431. The summed E-state index contributed by atoms with van der Waals surface area (Å²) >= 11 is 11.6. The fourth-order valence-corrected chi connectivity index (χ4v) is 1.86. The van der Waals surface area contributed by atoms with Crippen LogP contribution < -0.4 is 11.1 Å². The highest BCUT2D eigenvalue weighted by Crippen LogP contribution is 2.32. The molecule has 0 aliphatic heterocycles. The van der Waals surface area contributed by atoms with Gasteiger partial charge in [0.05, 0.1) is 15.7 Å². The van der Waals surface area contributed by atoms with E-state index in [1.165, 1.54) is 19.1 Å². The van der Waals surface area contributed by atoms with Gasteiger partial charge in [0.1, 0.15) is 12.2 Å². The second kappa shape index (κ2) is 6.24. The predicted octanol–water partition coefficient (Wildman–Crippen LogP) is 1.11. The molecule has 1 rings (SSSR count). The van der Waals surface area contributed by atoms with Gasteiger partial charge in [0.25, 0.3) is 0 Å². The molecule has 0 aromatic heterocycles. The van der Waals surface area contributed by atoms with E-state index in [0.717, 1.165) is 0 Å². The summed E-state index contributed by atoms with van der Waals surface area (Å²) in [6.45, 7) is 1.24. The minimum Gasteiger partial charge on any atom is -0.396 e. The average molecular weight is 293 g/mol. The van der Waals surface area contributed by atoms with Crippen molar-refractivity contribution in [2.45, 2.75) is 19.1 Å². The molecule has 0 bridgehead atoms. The number of rotatable bonds is 4. The standard InChI is InChI=1S/C11H14Cl2N2O3/c1-5(16)15-4-9(17)11(18)6-2-7(12)10(14)8(13)3-6/h2-3,9,11,17-18H,4,14H2,1H3,(H,15,16). The number of hydrogen-bond donors (Lipinski definition) is 4. The van der Waals surface area contributed by atoms with E-state index in [1.807, 2.05) is 0 Å². The Morgan fingerprint density at radius 1 is 1.39 bits per heavy atom. The van der Waals surface area contributed by atoms with Crippen molar-refractivity contribution in [1.82, 2.24) is 5.32 Å². The van der Waals surface area contributed by atoms with Crippen molar-refractivity contribution in [1.29, 1.82) is 0 Å². The van der Waals surface area contributed by atoms with Crippen LogP contribution in [0.1, 0.15) is 18.6 Å². The van der Waals surface area contributed by atoms with Crippen molar-refractivity contribution in [3.63, 3.8) is 0 Å². The number of nitrogens with one attached hydrogen (secondary N) is 1. The lowest BCUT2D eigenvalue weighted by atomic mass is 10.0. The number of halogens is 2. The summed E-state index contributed by atoms with van der Waals surface area (Å²) in [5.41, 5.74) is 6.10. The maximum atomic E-state index is 10.7. The molecule has 1 aromatic carbocycles. The number of anilines is 1. The first-order valence-electron chi connectivity index (χ1n) is 5.18. The topological polar surface area (TPSA) is 95.6 Å². The molecule has 5 N–H and O–H groups in total. The molecule has 0 heterocycles. The monoisotopic (exact) mass is 292 g/mol. The summed E-state index contributed by atoms with van der Waals surface area (Å²) in [5, 5.41) is 22.4. The molecule has 1 amide bonds. The van der Waals surface area contributed by atoms with Crippen LogP contribution in [0.5, 0.6) is 0 Å². The molecular formula is C11H14Cl2N2O3. The van der Waals surface area contributed by atoms with Gasteiger partial charge < -0.3 is 21.3 Å². The van der Waals surface area contributed by atoms with E-state index in [2.05, 4.69) is 5.32 Å². The molecule has 0 fully saturated rings. The second-order valence-electron chi connectivity index (χ2n) is 3.85. The summed E-state index contributed by atoms with van der Waals surface area (Å²) in [7, 11) is 0. The molecule has 0 aliphatic carbocycles. The van der Waals surface area contributed by atoms with E-state index in [0.29, 0.717) is 5.56 Å². The third kappa shape index (κ3) is 3.74. The Hall–Kier alpha value is -1.01. The fourth-order valence-electron chi connectivity index (χ4n) is 1.36. The lowest BCUT2D eigenvalue weighted by Crippen LogP contribution is -2.34. The molecule has 100 valence electrons. The van der Waals surface area contributed by atoms with Crippen LogP contribution in [0.15, 0.2) is 12.1 Å². The number of amides is 1. The van der Waals surface area contributed by atoms with E-state index in [9.17, 15) is 15.0 Å². The van der Waals surface area contributed by atoms with Gasteiger partial charge in [0, 0.05) is 13.5 Å². The second-order valence-corrected chi connectivity index (χ2v) is 4.66. The maximum absolute atomic E-state index is 10.7. The highest BCUT2D eigenvalue weighted by atomic mass is 35.5. The van der Waals surface area contributed by atoms with Gasteiger partial charge in [0.15, 0.2) is 0 Å². The maximum Gasteiger partial charge on any atom is 0.216 e. The molecule has 0 radical (unpaired) electrons. The highest BCUT2D eigenvalue weighted by Gasteiger charge is 2.20.